The number of hydrogen-bond acceptors (Lipinski definition) is 2. The molecular formula is C6H6AsClNO2. The molecule has 0 aliphatic carbocycles. The van der Waals surface area contributed by atoms with Crippen molar-refractivity contribution in [3.05, 3.63) is 23.2 Å². The van der Waals surface area contributed by atoms with Crippen molar-refractivity contribution in [3.8, 4) is 0 Å². The second-order valence-electron chi connectivity index (χ2n) is 1.98. The van der Waals surface area contributed by atoms with E-state index in [0.717, 1.165) is 0 Å². The Bertz CT molecular complexity index is 303. The van der Waals surface area contributed by atoms with E-state index in [0.29, 0.717) is 15.1 Å². The maximum absolute atomic E-state index is 10.6. The quantitative estimate of drug-likeness (QED) is 0.533. The molecule has 0 aliphatic heterocycles. The summed E-state index contributed by atoms with van der Waals surface area (Å²) in [7, 11) is 0. The van der Waals surface area contributed by atoms with Gasteiger partial charge in [0.1, 0.15) is 0 Å². The van der Waals surface area contributed by atoms with E-state index in [1.807, 2.05) is 0 Å². The molecule has 0 heterocycles. The Morgan fingerprint density at radius 2 is 2.18 bits per heavy atom. The number of nitrogen functional groups attached to an aromatic ring is 1. The van der Waals surface area contributed by atoms with Gasteiger partial charge in [-0.05, 0) is 0 Å². The van der Waals surface area contributed by atoms with Gasteiger partial charge >= 0.3 is 73.4 Å². The Kier molecular flexibility index (Phi) is 2.66. The first-order valence-electron chi connectivity index (χ1n) is 2.82. The Morgan fingerprint density at radius 3 is 2.64 bits per heavy atom. The number of anilines is 1. The first-order chi connectivity index (χ1) is 5.11. The van der Waals surface area contributed by atoms with E-state index in [1.54, 1.807) is 0 Å². The number of nitrogens with two attached hydrogens (primary N) is 1. The van der Waals surface area contributed by atoms with Gasteiger partial charge in [0.25, 0.3) is 0 Å². The maximum atomic E-state index is 10.6. The normalized spacial score (nSPS) is 11.3. The molecule has 5 heteroatoms. The first kappa shape index (κ1) is 8.72. The summed E-state index contributed by atoms with van der Waals surface area (Å²) in [5.41, 5.74) is 5.74. The van der Waals surface area contributed by atoms with Crippen LogP contribution in [0.15, 0.2) is 18.2 Å². The van der Waals surface area contributed by atoms with Gasteiger partial charge in [-0.3, -0.25) is 0 Å². The molecular weight excluding hydrogens is 228 g/mol. The van der Waals surface area contributed by atoms with Crippen LogP contribution < -0.4 is 10.1 Å². The van der Waals surface area contributed by atoms with E-state index in [4.69, 9.17) is 21.4 Å². The molecule has 11 heavy (non-hydrogen) atoms. The molecule has 0 amide bonds. The van der Waals surface area contributed by atoms with Gasteiger partial charge in [-0.2, -0.15) is 0 Å². The standard InChI is InChI=1S/C6H6AsClNO2/c8-5-2-1-4(7(10)11)3-6(5)9/h1-3H,9H2,(H,10,11). The number of benzene rings is 1. The van der Waals surface area contributed by atoms with Crippen LogP contribution in [0, 0.1) is 0 Å². The Balaban J connectivity index is 3.15. The zero-order valence-corrected chi connectivity index (χ0v) is 8.12. The van der Waals surface area contributed by atoms with Crippen LogP contribution >= 0.6 is 11.6 Å². The summed E-state index contributed by atoms with van der Waals surface area (Å²) in [4.78, 5) is 0. The third-order valence-electron chi connectivity index (χ3n) is 1.20. The molecule has 0 spiro atoms. The fraction of sp³-hybridized carbons (Fsp3) is 0. The molecule has 0 aliphatic rings. The topological polar surface area (TPSA) is 63.3 Å². The van der Waals surface area contributed by atoms with Gasteiger partial charge in [-0.1, -0.05) is 0 Å². The van der Waals surface area contributed by atoms with Crippen LogP contribution in [-0.4, -0.2) is 19.0 Å². The van der Waals surface area contributed by atoms with Crippen LogP contribution in [0.1, 0.15) is 0 Å². The van der Waals surface area contributed by atoms with Crippen molar-refractivity contribution >= 4 is 36.6 Å². The van der Waals surface area contributed by atoms with Gasteiger partial charge < -0.3 is 0 Å². The van der Waals surface area contributed by atoms with Gasteiger partial charge in [0, 0.05) is 0 Å². The van der Waals surface area contributed by atoms with Crippen molar-refractivity contribution in [1.82, 2.24) is 0 Å². The monoisotopic (exact) mass is 234 g/mol. The Labute approximate surface area is 73.6 Å². The Morgan fingerprint density at radius 1 is 1.55 bits per heavy atom. The van der Waals surface area contributed by atoms with Gasteiger partial charge in [0.05, 0.1) is 0 Å². The summed E-state index contributed by atoms with van der Waals surface area (Å²) >= 11 is 2.57. The van der Waals surface area contributed by atoms with Crippen LogP contribution in [0.5, 0.6) is 0 Å². The number of halogens is 1. The summed E-state index contributed by atoms with van der Waals surface area (Å²) in [6.45, 7) is 0. The first-order valence-corrected chi connectivity index (χ1v) is 5.74. The van der Waals surface area contributed by atoms with Gasteiger partial charge in [0.15, 0.2) is 0 Å². The minimum absolute atomic E-state index is 0.341. The molecule has 1 atom stereocenters. The minimum atomic E-state index is -3.03. The van der Waals surface area contributed by atoms with Gasteiger partial charge in [-0.25, -0.2) is 0 Å². The van der Waals surface area contributed by atoms with E-state index in [-0.39, 0.29) is 0 Å². The van der Waals surface area contributed by atoms with Crippen LogP contribution in [0.3, 0.4) is 0 Å². The summed E-state index contributed by atoms with van der Waals surface area (Å²) in [6.07, 6.45) is 0. The van der Waals surface area contributed by atoms with Crippen molar-refractivity contribution in [1.29, 1.82) is 0 Å². The van der Waals surface area contributed by atoms with Crippen molar-refractivity contribution < 1.29 is 7.84 Å². The predicted octanol–water partition coefficient (Wildman–Crippen LogP) is 0.0402. The molecule has 0 bridgehead atoms. The van der Waals surface area contributed by atoms with Gasteiger partial charge in [-0.15, -0.1) is 0 Å². The Hall–Kier alpha value is -0.372. The molecule has 0 fully saturated rings. The van der Waals surface area contributed by atoms with Crippen molar-refractivity contribution in [2.45, 2.75) is 0 Å². The molecule has 1 aromatic carbocycles. The molecule has 1 radical (unpaired) electrons. The van der Waals surface area contributed by atoms with E-state index < -0.39 is 14.9 Å². The fourth-order valence-corrected chi connectivity index (χ4v) is 1.72. The third-order valence-corrected chi connectivity index (χ3v) is 3.06. The fourth-order valence-electron chi connectivity index (χ4n) is 0.650. The summed E-state index contributed by atoms with van der Waals surface area (Å²) < 4.78 is 19.7. The average Bonchev–Trinajstić information content (AvgIpc) is 1.94. The van der Waals surface area contributed by atoms with Crippen LogP contribution in [0.4, 0.5) is 5.69 Å². The molecule has 0 saturated heterocycles. The van der Waals surface area contributed by atoms with Crippen LogP contribution in [-0.2, 0) is 3.74 Å². The van der Waals surface area contributed by atoms with Crippen LogP contribution in [0.25, 0.3) is 0 Å². The number of hydrogen-bond donors (Lipinski definition) is 2. The molecule has 1 rings (SSSR count). The molecule has 3 nitrogen and oxygen atoms in total. The van der Waals surface area contributed by atoms with Crippen molar-refractivity contribution in [2.75, 3.05) is 5.73 Å². The second kappa shape index (κ2) is 3.35. The molecule has 1 unspecified atom stereocenters. The zero-order valence-electron chi connectivity index (χ0n) is 5.49. The summed E-state index contributed by atoms with van der Waals surface area (Å²) in [5.74, 6) is 0. The number of rotatable bonds is 1. The second-order valence-corrected chi connectivity index (χ2v) is 4.61. The van der Waals surface area contributed by atoms with Gasteiger partial charge in [0.2, 0.25) is 0 Å². The van der Waals surface area contributed by atoms with E-state index in [1.165, 1.54) is 18.2 Å². The van der Waals surface area contributed by atoms with Crippen molar-refractivity contribution in [3.63, 3.8) is 0 Å². The SMILES string of the molecule is Nc1cc([As](=O)O)ccc1Cl. The van der Waals surface area contributed by atoms with E-state index in [2.05, 4.69) is 0 Å². The predicted molar refractivity (Wildman–Crippen MR) is 44.2 cm³/mol. The van der Waals surface area contributed by atoms with E-state index >= 15 is 0 Å². The zero-order chi connectivity index (χ0) is 8.43. The molecule has 59 valence electrons. The van der Waals surface area contributed by atoms with Crippen molar-refractivity contribution in [2.24, 2.45) is 0 Å². The average molecular weight is 234 g/mol. The molecule has 0 saturated carbocycles. The molecule has 0 aromatic heterocycles. The molecule has 3 N–H and O–H groups in total. The third kappa shape index (κ3) is 2.03. The van der Waals surface area contributed by atoms with E-state index in [9.17, 15) is 3.74 Å². The van der Waals surface area contributed by atoms with Crippen LogP contribution in [0.2, 0.25) is 5.02 Å². The molecule has 1 aromatic rings. The summed E-state index contributed by atoms with van der Waals surface area (Å²) in [6, 6.07) is 4.45. The summed E-state index contributed by atoms with van der Waals surface area (Å²) in [5, 5.41) is 0.407.